The molecule has 0 aliphatic carbocycles. The number of nitrogens with one attached hydrogen (secondary N) is 2. The quantitative estimate of drug-likeness (QED) is 0.396. The highest BCUT2D eigenvalue weighted by Gasteiger charge is 2.52. The summed E-state index contributed by atoms with van der Waals surface area (Å²) in [4.78, 5) is 37.7. The van der Waals surface area contributed by atoms with E-state index in [1.165, 1.54) is 9.80 Å². The van der Waals surface area contributed by atoms with Crippen LogP contribution in [0.15, 0.2) is 48.8 Å². The highest BCUT2D eigenvalue weighted by atomic mass is 32.2. The molecule has 2 N–H and O–H groups in total. The smallest absolute Gasteiger partial charge is 0.253 e. The van der Waals surface area contributed by atoms with Gasteiger partial charge in [0.1, 0.15) is 0 Å². The number of hydrogen-bond donors (Lipinski definition) is 2. The van der Waals surface area contributed by atoms with E-state index in [0.717, 1.165) is 34.0 Å². The van der Waals surface area contributed by atoms with Crippen molar-refractivity contribution in [2.24, 2.45) is 5.41 Å². The molecule has 10 heteroatoms. The predicted molar refractivity (Wildman–Crippen MR) is 139 cm³/mol. The van der Waals surface area contributed by atoms with E-state index in [2.05, 4.69) is 4.98 Å². The lowest BCUT2D eigenvalue weighted by Gasteiger charge is -2.45. The fourth-order valence-corrected chi connectivity index (χ4v) is 5.18. The number of carbonyl (C=O) groups is 2. The molecule has 2 amide bonds. The number of anilines is 1. The first-order valence-electron chi connectivity index (χ1n) is 11.2. The fourth-order valence-electron chi connectivity index (χ4n) is 4.79. The van der Waals surface area contributed by atoms with Crippen molar-refractivity contribution in [3.63, 3.8) is 0 Å². The summed E-state index contributed by atoms with van der Waals surface area (Å²) in [5.41, 5.74) is 4.25. The zero-order valence-corrected chi connectivity index (χ0v) is 21.0. The third kappa shape index (κ3) is 3.56. The molecule has 0 radical (unpaired) electrons. The van der Waals surface area contributed by atoms with Gasteiger partial charge in [-0.05, 0) is 30.0 Å². The third-order valence-corrected chi connectivity index (χ3v) is 7.07. The number of ether oxygens (including phenoxy) is 1. The lowest BCUT2D eigenvalue weighted by atomic mass is 9.67. The summed E-state index contributed by atoms with van der Waals surface area (Å²) in [6, 6.07) is 11.0. The molecule has 182 valence electrons. The van der Waals surface area contributed by atoms with Gasteiger partial charge in [0.25, 0.3) is 5.91 Å². The zero-order valence-electron chi connectivity index (χ0n) is 20.2. The molecule has 2 aliphatic heterocycles. The Bertz CT molecular complexity index is 1430. The van der Waals surface area contributed by atoms with Crippen LogP contribution in [0.3, 0.4) is 0 Å². The van der Waals surface area contributed by atoms with Crippen molar-refractivity contribution in [2.45, 2.75) is 19.8 Å². The predicted octanol–water partition coefficient (Wildman–Crippen LogP) is 4.73. The van der Waals surface area contributed by atoms with Gasteiger partial charge in [-0.15, -0.1) is 0 Å². The summed E-state index contributed by atoms with van der Waals surface area (Å²) in [7, 11) is 3.42. The van der Waals surface area contributed by atoms with Crippen LogP contribution in [-0.2, 0) is 4.79 Å². The molecule has 3 aromatic rings. The van der Waals surface area contributed by atoms with Crippen molar-refractivity contribution < 1.29 is 14.3 Å². The molecule has 0 saturated heterocycles. The summed E-state index contributed by atoms with van der Waals surface area (Å²) in [6.07, 6.45) is 3.16. The summed E-state index contributed by atoms with van der Waals surface area (Å²) in [5, 5.41) is 15.7. The number of hydrogen-bond acceptors (Lipinski definition) is 8. The number of benzene rings is 1. The molecule has 5 rings (SSSR count). The van der Waals surface area contributed by atoms with Crippen LogP contribution < -0.4 is 9.64 Å². The lowest BCUT2D eigenvalue weighted by molar-refractivity contribution is -0.126. The van der Waals surface area contributed by atoms with Gasteiger partial charge in [0, 0.05) is 42.3 Å². The van der Waals surface area contributed by atoms with Crippen LogP contribution >= 0.6 is 11.8 Å². The number of rotatable bonds is 3. The number of fused-ring (bicyclic) bond motifs is 2. The Balaban J connectivity index is 1.59. The first kappa shape index (κ1) is 23.7. The second-order valence-electron chi connectivity index (χ2n) is 9.38. The average molecular weight is 501 g/mol. The average Bonchev–Trinajstić information content (AvgIpc) is 2.86. The van der Waals surface area contributed by atoms with E-state index >= 15 is 0 Å². The second kappa shape index (κ2) is 8.56. The van der Waals surface area contributed by atoms with Gasteiger partial charge in [0.15, 0.2) is 10.9 Å². The molecule has 4 heterocycles. The van der Waals surface area contributed by atoms with Crippen LogP contribution in [0.5, 0.6) is 11.6 Å². The van der Waals surface area contributed by atoms with Crippen LogP contribution in [0.2, 0.25) is 0 Å². The summed E-state index contributed by atoms with van der Waals surface area (Å²) in [5.74, 6) is 0.206. The minimum Gasteiger partial charge on any atom is -0.437 e. The van der Waals surface area contributed by atoms with Crippen LogP contribution in [0.1, 0.15) is 41.3 Å². The SMILES string of the molecule is CN(C)C(=O)c1ccc(-c2ccc3c(n2)Oc2cncc4c2C3C(C)(C)C(=O)N4C(=N)SC=N)cc1. The lowest BCUT2D eigenvalue weighted by Crippen LogP contribution is -2.51. The van der Waals surface area contributed by atoms with Crippen LogP contribution in [0.25, 0.3) is 11.3 Å². The zero-order chi connectivity index (χ0) is 25.8. The van der Waals surface area contributed by atoms with Crippen molar-refractivity contribution in [2.75, 3.05) is 19.0 Å². The van der Waals surface area contributed by atoms with Crippen molar-refractivity contribution in [3.05, 3.63) is 65.5 Å². The molecule has 0 saturated carbocycles. The Morgan fingerprint density at radius 2 is 1.89 bits per heavy atom. The fraction of sp³-hybridized carbons (Fsp3) is 0.231. The first-order chi connectivity index (χ1) is 17.1. The highest BCUT2D eigenvalue weighted by Crippen LogP contribution is 2.58. The van der Waals surface area contributed by atoms with Gasteiger partial charge in [0.2, 0.25) is 11.8 Å². The van der Waals surface area contributed by atoms with Gasteiger partial charge in [-0.25, -0.2) is 4.98 Å². The van der Waals surface area contributed by atoms with Crippen LogP contribution in [-0.4, -0.2) is 51.5 Å². The number of aromatic nitrogens is 2. The minimum absolute atomic E-state index is 0.0628. The van der Waals surface area contributed by atoms with E-state index in [0.29, 0.717) is 28.6 Å². The van der Waals surface area contributed by atoms with Crippen LogP contribution in [0.4, 0.5) is 5.69 Å². The third-order valence-electron chi connectivity index (χ3n) is 6.55. The van der Waals surface area contributed by atoms with Gasteiger partial charge in [-0.3, -0.25) is 24.9 Å². The van der Waals surface area contributed by atoms with E-state index in [9.17, 15) is 9.59 Å². The number of thioether (sulfide) groups is 1. The molecular weight excluding hydrogens is 476 g/mol. The number of nitrogens with zero attached hydrogens (tertiary/aromatic N) is 4. The molecule has 9 nitrogen and oxygen atoms in total. The van der Waals surface area contributed by atoms with Gasteiger partial charge in [-0.1, -0.05) is 32.0 Å². The van der Waals surface area contributed by atoms with Crippen molar-refractivity contribution in [3.8, 4) is 22.9 Å². The number of amidine groups is 1. The van der Waals surface area contributed by atoms with Crippen molar-refractivity contribution >= 4 is 40.0 Å². The van der Waals surface area contributed by atoms with E-state index in [1.54, 1.807) is 38.6 Å². The number of carbonyl (C=O) groups excluding carboxylic acids is 2. The molecule has 2 aliphatic rings. The molecule has 2 aromatic heterocycles. The topological polar surface area (TPSA) is 123 Å². The van der Waals surface area contributed by atoms with Crippen LogP contribution in [0, 0.1) is 16.2 Å². The van der Waals surface area contributed by atoms with Crippen molar-refractivity contribution in [1.82, 2.24) is 14.9 Å². The summed E-state index contributed by atoms with van der Waals surface area (Å²) >= 11 is 0.853. The Hall–Kier alpha value is -4.05. The molecule has 1 atom stereocenters. The largest absolute Gasteiger partial charge is 0.437 e. The Morgan fingerprint density at radius 1 is 1.17 bits per heavy atom. The molecule has 0 fully saturated rings. The van der Waals surface area contributed by atoms with Gasteiger partial charge in [0.05, 0.1) is 34.7 Å². The second-order valence-corrected chi connectivity index (χ2v) is 10.2. The van der Waals surface area contributed by atoms with E-state index in [-0.39, 0.29) is 22.9 Å². The normalized spacial score (nSPS) is 16.9. The Morgan fingerprint density at radius 3 is 2.56 bits per heavy atom. The van der Waals surface area contributed by atoms with Gasteiger partial charge >= 0.3 is 0 Å². The standard InChI is InChI=1S/C26H24N6O3S/c1-26(2)21-16-9-10-17(14-5-7-15(8-6-14)23(33)31(3)4)30-22(16)35-19-12-29-11-18(20(19)21)32(24(26)34)25(28)36-13-27/h5-13,21,27-28H,1-4H3. The molecule has 1 aromatic carbocycles. The Labute approximate surface area is 212 Å². The molecule has 0 bridgehead atoms. The van der Waals surface area contributed by atoms with E-state index in [1.807, 2.05) is 38.1 Å². The molecule has 36 heavy (non-hydrogen) atoms. The first-order valence-corrected chi connectivity index (χ1v) is 12.1. The highest BCUT2D eigenvalue weighted by molar-refractivity contribution is 8.25. The van der Waals surface area contributed by atoms with E-state index in [4.69, 9.17) is 20.5 Å². The maximum atomic E-state index is 13.6. The van der Waals surface area contributed by atoms with Crippen molar-refractivity contribution in [1.29, 1.82) is 10.8 Å². The summed E-state index contributed by atoms with van der Waals surface area (Å²) in [6.45, 7) is 3.71. The van der Waals surface area contributed by atoms with E-state index < -0.39 is 5.41 Å². The number of pyridine rings is 2. The number of amides is 2. The maximum absolute atomic E-state index is 13.6. The molecule has 0 spiro atoms. The van der Waals surface area contributed by atoms with Gasteiger partial charge < -0.3 is 15.0 Å². The summed E-state index contributed by atoms with van der Waals surface area (Å²) < 4.78 is 6.20. The van der Waals surface area contributed by atoms with Gasteiger partial charge in [-0.2, -0.15) is 0 Å². The Kier molecular flexibility index (Phi) is 5.63. The molecular formula is C26H24N6O3S. The monoisotopic (exact) mass is 500 g/mol. The minimum atomic E-state index is -0.909. The maximum Gasteiger partial charge on any atom is 0.253 e. The molecule has 1 unspecified atom stereocenters.